The van der Waals surface area contributed by atoms with Crippen molar-refractivity contribution in [1.29, 1.82) is 0 Å². The highest BCUT2D eigenvalue weighted by Crippen LogP contribution is 2.36. The van der Waals surface area contributed by atoms with Crippen LogP contribution >= 0.6 is 7.82 Å². The first kappa shape index (κ1) is 49.5. The second-order valence-electron chi connectivity index (χ2n) is 13.2. The Kier molecular flexibility index (Phi) is 36.4. The summed E-state index contributed by atoms with van der Waals surface area (Å²) in [5.41, 5.74) is 0. The molecule has 0 aliphatic carbocycles. The third kappa shape index (κ3) is 40.3. The van der Waals surface area contributed by atoms with Gasteiger partial charge in [-0.1, -0.05) is 145 Å². The minimum absolute atomic E-state index is 0.169. The van der Waals surface area contributed by atoms with E-state index in [4.69, 9.17) is 19.3 Å². The van der Waals surface area contributed by atoms with Crippen LogP contribution in [0.2, 0.25) is 0 Å². The van der Waals surface area contributed by atoms with Crippen molar-refractivity contribution in [2.45, 2.75) is 174 Å². The Hall–Kier alpha value is -2.51. The van der Waals surface area contributed by atoms with Crippen molar-refractivity contribution in [3.8, 4) is 0 Å². The van der Waals surface area contributed by atoms with E-state index in [-0.39, 0.29) is 19.4 Å². The second-order valence-corrected chi connectivity index (χ2v) is 14.5. The topological polar surface area (TPSA) is 119 Å². The quantitative estimate of drug-likeness (QED) is 0.0281. The number of unbranched alkanes of at least 4 members (excludes halogenated alkanes) is 14. The van der Waals surface area contributed by atoms with Crippen molar-refractivity contribution in [2.24, 2.45) is 0 Å². The van der Waals surface area contributed by atoms with E-state index >= 15 is 0 Å². The molecule has 0 spiro atoms. The summed E-state index contributed by atoms with van der Waals surface area (Å²) in [4.78, 5) is 42.8. The zero-order chi connectivity index (χ0) is 38.2. The number of rotatable bonds is 36. The van der Waals surface area contributed by atoms with Gasteiger partial charge in [-0.2, -0.15) is 0 Å². The molecule has 0 aromatic heterocycles. The molecule has 0 unspecified atom stereocenters. The Morgan fingerprint density at radius 2 is 0.904 bits per heavy atom. The Morgan fingerprint density at radius 3 is 1.38 bits per heavy atom. The molecule has 0 aliphatic rings. The van der Waals surface area contributed by atoms with Gasteiger partial charge < -0.3 is 19.3 Å². The van der Waals surface area contributed by atoms with Crippen molar-refractivity contribution in [2.75, 3.05) is 13.2 Å². The zero-order valence-electron chi connectivity index (χ0n) is 32.7. The fourth-order valence-corrected chi connectivity index (χ4v) is 5.52. The van der Waals surface area contributed by atoms with Gasteiger partial charge in [-0.15, -0.1) is 0 Å². The monoisotopic (exact) mass is 749 g/mol. The summed E-state index contributed by atoms with van der Waals surface area (Å²) in [6, 6.07) is 0. The van der Waals surface area contributed by atoms with Gasteiger partial charge in [0.1, 0.15) is 6.61 Å². The average Bonchev–Trinajstić information content (AvgIpc) is 3.11. The Morgan fingerprint density at radius 1 is 0.500 bits per heavy atom. The van der Waals surface area contributed by atoms with E-state index in [1.807, 2.05) is 0 Å². The van der Waals surface area contributed by atoms with Crippen LogP contribution in [0.25, 0.3) is 0 Å². The minimum Gasteiger partial charge on any atom is -0.462 e. The predicted octanol–water partition coefficient (Wildman–Crippen LogP) is 12.3. The smallest absolute Gasteiger partial charge is 0.462 e. The molecule has 0 saturated heterocycles. The van der Waals surface area contributed by atoms with Gasteiger partial charge in [0.15, 0.2) is 6.10 Å². The van der Waals surface area contributed by atoms with Crippen LogP contribution in [0.3, 0.4) is 0 Å². The number of hydrogen-bond donors (Lipinski definition) is 2. The van der Waals surface area contributed by atoms with E-state index in [2.05, 4.69) is 91.3 Å². The summed E-state index contributed by atoms with van der Waals surface area (Å²) >= 11 is 0. The maximum Gasteiger partial charge on any atom is 0.469 e. The van der Waals surface area contributed by atoms with Crippen LogP contribution < -0.4 is 0 Å². The molecular formula is C43H73O8P. The summed E-state index contributed by atoms with van der Waals surface area (Å²) in [7, 11) is -4.77. The molecule has 0 heterocycles. The first-order valence-corrected chi connectivity index (χ1v) is 21.8. The lowest BCUT2D eigenvalue weighted by molar-refractivity contribution is -0.161. The van der Waals surface area contributed by atoms with Crippen molar-refractivity contribution in [1.82, 2.24) is 0 Å². The van der Waals surface area contributed by atoms with E-state index in [0.717, 1.165) is 77.0 Å². The van der Waals surface area contributed by atoms with E-state index in [1.54, 1.807) is 0 Å². The van der Waals surface area contributed by atoms with Crippen molar-refractivity contribution >= 4 is 19.8 Å². The second kappa shape index (κ2) is 38.2. The zero-order valence-corrected chi connectivity index (χ0v) is 33.6. The highest BCUT2D eigenvalue weighted by molar-refractivity contribution is 7.46. The summed E-state index contributed by atoms with van der Waals surface area (Å²) in [6.45, 7) is 3.55. The Bertz CT molecular complexity index is 1070. The first-order valence-electron chi connectivity index (χ1n) is 20.2. The van der Waals surface area contributed by atoms with Crippen LogP contribution in [-0.4, -0.2) is 41.0 Å². The van der Waals surface area contributed by atoms with Gasteiger partial charge in [-0.3, -0.25) is 14.1 Å². The molecule has 8 nitrogen and oxygen atoms in total. The Labute approximate surface area is 317 Å². The SMILES string of the molecule is CCC/C=C/C/C=C/C/C=C/C/C=C/CCCCCC(=O)O[C@H](COC(=O)CCCCCCCCC/C=C/C/C=C/CCCCC)COP(=O)(O)O. The molecule has 0 fully saturated rings. The lowest BCUT2D eigenvalue weighted by atomic mass is 10.1. The number of phosphoric ester groups is 1. The highest BCUT2D eigenvalue weighted by atomic mass is 31.2. The summed E-state index contributed by atoms with van der Waals surface area (Å²) in [5.74, 6) is -0.936. The number of allylic oxidation sites excluding steroid dienone is 12. The molecule has 2 N–H and O–H groups in total. The van der Waals surface area contributed by atoms with Crippen LogP contribution in [0, 0.1) is 0 Å². The van der Waals surface area contributed by atoms with Crippen LogP contribution in [0.15, 0.2) is 72.9 Å². The van der Waals surface area contributed by atoms with Crippen LogP contribution in [0.4, 0.5) is 0 Å². The molecule has 52 heavy (non-hydrogen) atoms. The molecule has 0 aromatic rings. The largest absolute Gasteiger partial charge is 0.469 e. The molecule has 1 atom stereocenters. The van der Waals surface area contributed by atoms with E-state index in [0.29, 0.717) is 12.8 Å². The summed E-state index contributed by atoms with van der Waals surface area (Å²) in [6.07, 6.45) is 49.0. The van der Waals surface area contributed by atoms with Gasteiger partial charge in [-0.05, 0) is 83.5 Å². The van der Waals surface area contributed by atoms with Crippen molar-refractivity contribution < 1.29 is 37.9 Å². The predicted molar refractivity (Wildman–Crippen MR) is 216 cm³/mol. The van der Waals surface area contributed by atoms with Gasteiger partial charge in [0, 0.05) is 12.8 Å². The van der Waals surface area contributed by atoms with E-state index in [9.17, 15) is 14.2 Å². The maximum atomic E-state index is 12.4. The van der Waals surface area contributed by atoms with Crippen LogP contribution in [0.5, 0.6) is 0 Å². The molecule has 9 heteroatoms. The molecule has 0 aromatic carbocycles. The molecule has 298 valence electrons. The van der Waals surface area contributed by atoms with Gasteiger partial charge in [0.2, 0.25) is 0 Å². The van der Waals surface area contributed by atoms with Gasteiger partial charge in [-0.25, -0.2) is 4.57 Å². The van der Waals surface area contributed by atoms with Gasteiger partial charge >= 0.3 is 19.8 Å². The van der Waals surface area contributed by atoms with Gasteiger partial charge in [0.25, 0.3) is 0 Å². The molecule has 0 amide bonds. The highest BCUT2D eigenvalue weighted by Gasteiger charge is 2.22. The molecular weight excluding hydrogens is 675 g/mol. The van der Waals surface area contributed by atoms with Crippen LogP contribution in [-0.2, 0) is 28.2 Å². The standard InChI is InChI=1S/C43H73O8P/c1-3-5-7-9-11-13-15-17-19-21-23-25-27-29-31-33-35-37-42(44)49-39-41(40-50-52(46,47)48)51-43(45)38-36-34-32-30-28-26-24-22-20-18-16-14-12-10-8-6-4-2/h8,10-11,13-14,16-17,19-20,22,26,28,41H,3-7,9,12,15,18,21,23-25,27,29-40H2,1-2H3,(H2,46,47,48)/b10-8+,13-11+,16-14+,19-17+,22-20+,28-26+/t41-/m1/s1. The fourth-order valence-electron chi connectivity index (χ4n) is 5.16. The van der Waals surface area contributed by atoms with E-state index < -0.39 is 32.5 Å². The van der Waals surface area contributed by atoms with E-state index in [1.165, 1.54) is 51.4 Å². The summed E-state index contributed by atoms with van der Waals surface area (Å²) in [5, 5.41) is 0. The first-order chi connectivity index (χ1) is 25.3. The third-order valence-electron chi connectivity index (χ3n) is 8.18. The number of carbonyl (C=O) groups excluding carboxylic acids is 2. The molecule has 0 saturated carbocycles. The minimum atomic E-state index is -4.77. The Balaban J connectivity index is 4.03. The number of carbonyl (C=O) groups is 2. The normalized spacial score (nSPS) is 13.2. The molecule has 0 rings (SSSR count). The van der Waals surface area contributed by atoms with Crippen LogP contribution in [0.1, 0.15) is 168 Å². The lowest BCUT2D eigenvalue weighted by Gasteiger charge is -2.18. The van der Waals surface area contributed by atoms with Crippen molar-refractivity contribution in [3.05, 3.63) is 72.9 Å². The fraction of sp³-hybridized carbons (Fsp3) is 0.674. The number of ether oxygens (including phenoxy) is 2. The maximum absolute atomic E-state index is 12.4. The number of phosphoric acid groups is 1. The number of hydrogen-bond acceptors (Lipinski definition) is 6. The molecule has 0 bridgehead atoms. The average molecular weight is 749 g/mol. The summed E-state index contributed by atoms with van der Waals surface area (Å²) < 4.78 is 26.3. The lowest BCUT2D eigenvalue weighted by Crippen LogP contribution is -2.29. The number of esters is 2. The van der Waals surface area contributed by atoms with Crippen molar-refractivity contribution in [3.63, 3.8) is 0 Å². The molecule has 0 aliphatic heterocycles. The molecule has 0 radical (unpaired) electrons. The third-order valence-corrected chi connectivity index (χ3v) is 8.66. The van der Waals surface area contributed by atoms with Gasteiger partial charge in [0.05, 0.1) is 6.61 Å².